The lowest BCUT2D eigenvalue weighted by molar-refractivity contribution is -0.122. The van der Waals surface area contributed by atoms with Crippen molar-refractivity contribution in [3.8, 4) is 11.5 Å². The van der Waals surface area contributed by atoms with Gasteiger partial charge in [0, 0.05) is 20.3 Å². The lowest BCUT2D eigenvalue weighted by Crippen LogP contribution is -2.30. The minimum Gasteiger partial charge on any atom is -0.493 e. The Bertz CT molecular complexity index is 957. The van der Waals surface area contributed by atoms with Crippen LogP contribution in [0, 0.1) is 6.92 Å². The maximum Gasteiger partial charge on any atom is 0.266 e. The Morgan fingerprint density at radius 2 is 1.77 bits per heavy atom. The Morgan fingerprint density at radius 3 is 2.43 bits per heavy atom. The molecule has 0 atom stereocenters. The fourth-order valence-electron chi connectivity index (χ4n) is 3.06. The third-order valence-electron chi connectivity index (χ3n) is 4.66. The van der Waals surface area contributed by atoms with Crippen LogP contribution in [0.25, 0.3) is 6.08 Å². The summed E-state index contributed by atoms with van der Waals surface area (Å²) in [7, 11) is 4.86. The van der Waals surface area contributed by atoms with Crippen LogP contribution in [0.4, 0.5) is 5.69 Å². The number of aliphatic imine (C=N–C) groups is 1. The molecule has 3 rings (SSSR count). The van der Waals surface area contributed by atoms with Gasteiger partial charge < -0.3 is 14.2 Å². The molecule has 0 spiro atoms. The third-order valence-corrected chi connectivity index (χ3v) is 5.66. The third kappa shape index (κ3) is 5.04. The molecule has 0 unspecified atom stereocenters. The van der Waals surface area contributed by atoms with E-state index in [1.165, 1.54) is 11.8 Å². The Kier molecular flexibility index (Phi) is 7.54. The number of amides is 1. The SMILES string of the molecule is COCCCN1C(=O)/C(=C/c2cc(OC)c(OC)cc2C)SC1=Nc1ccccc1. The van der Waals surface area contributed by atoms with Crippen LogP contribution in [0.3, 0.4) is 0 Å². The van der Waals surface area contributed by atoms with E-state index in [1.54, 1.807) is 26.2 Å². The number of benzene rings is 2. The van der Waals surface area contributed by atoms with Crippen LogP contribution in [0.2, 0.25) is 0 Å². The lowest BCUT2D eigenvalue weighted by atomic mass is 10.1. The predicted octanol–water partition coefficient (Wildman–Crippen LogP) is 4.65. The van der Waals surface area contributed by atoms with E-state index in [1.807, 2.05) is 55.5 Å². The van der Waals surface area contributed by atoms with Gasteiger partial charge in [-0.1, -0.05) is 18.2 Å². The van der Waals surface area contributed by atoms with E-state index in [0.717, 1.165) is 23.2 Å². The summed E-state index contributed by atoms with van der Waals surface area (Å²) >= 11 is 1.38. The highest BCUT2D eigenvalue weighted by molar-refractivity contribution is 8.18. The zero-order chi connectivity index (χ0) is 21.5. The van der Waals surface area contributed by atoms with Gasteiger partial charge in [-0.15, -0.1) is 0 Å². The van der Waals surface area contributed by atoms with E-state index < -0.39 is 0 Å². The van der Waals surface area contributed by atoms with Crippen LogP contribution in [0.5, 0.6) is 11.5 Å². The Labute approximate surface area is 181 Å². The first-order chi connectivity index (χ1) is 14.6. The quantitative estimate of drug-likeness (QED) is 0.454. The summed E-state index contributed by atoms with van der Waals surface area (Å²) in [5.41, 5.74) is 2.71. The van der Waals surface area contributed by atoms with Crippen molar-refractivity contribution in [1.29, 1.82) is 0 Å². The first-order valence-electron chi connectivity index (χ1n) is 9.64. The molecule has 0 bridgehead atoms. The smallest absolute Gasteiger partial charge is 0.266 e. The molecule has 1 heterocycles. The Morgan fingerprint density at radius 1 is 1.07 bits per heavy atom. The number of nitrogens with zero attached hydrogens (tertiary/aromatic N) is 2. The van der Waals surface area contributed by atoms with Gasteiger partial charge in [-0.3, -0.25) is 9.69 Å². The number of hydrogen-bond acceptors (Lipinski definition) is 6. The first kappa shape index (κ1) is 21.9. The van der Waals surface area contributed by atoms with Gasteiger partial charge in [0.05, 0.1) is 24.8 Å². The van der Waals surface area contributed by atoms with E-state index in [0.29, 0.717) is 34.7 Å². The van der Waals surface area contributed by atoms with E-state index in [2.05, 4.69) is 0 Å². The highest BCUT2D eigenvalue weighted by Crippen LogP contribution is 2.37. The maximum absolute atomic E-state index is 13.2. The molecular formula is C23H26N2O4S. The molecule has 30 heavy (non-hydrogen) atoms. The Balaban J connectivity index is 1.95. The second kappa shape index (κ2) is 10.3. The van der Waals surface area contributed by atoms with Gasteiger partial charge in [0.1, 0.15) is 0 Å². The standard InChI is InChI=1S/C23H26N2O4S/c1-16-13-19(28-3)20(29-4)14-17(16)15-21-22(26)25(11-8-12-27-2)23(30-21)24-18-9-6-5-7-10-18/h5-7,9-10,13-15H,8,11-12H2,1-4H3/b21-15-,24-23?. The van der Waals surface area contributed by atoms with Gasteiger partial charge in [0.25, 0.3) is 5.91 Å². The number of ether oxygens (including phenoxy) is 3. The van der Waals surface area contributed by atoms with Crippen LogP contribution in [-0.4, -0.2) is 50.5 Å². The van der Waals surface area contributed by atoms with Crippen molar-refractivity contribution in [3.05, 3.63) is 58.5 Å². The van der Waals surface area contributed by atoms with E-state index in [-0.39, 0.29) is 5.91 Å². The molecule has 2 aromatic rings. The fraction of sp³-hybridized carbons (Fsp3) is 0.304. The molecule has 0 saturated carbocycles. The van der Waals surface area contributed by atoms with Crippen LogP contribution in [0.1, 0.15) is 17.5 Å². The van der Waals surface area contributed by atoms with Crippen molar-refractivity contribution in [2.45, 2.75) is 13.3 Å². The van der Waals surface area contributed by atoms with Crippen molar-refractivity contribution in [2.75, 3.05) is 34.5 Å². The van der Waals surface area contributed by atoms with Gasteiger partial charge in [-0.2, -0.15) is 0 Å². The van der Waals surface area contributed by atoms with E-state index in [9.17, 15) is 4.79 Å². The number of hydrogen-bond donors (Lipinski definition) is 0. The molecule has 6 nitrogen and oxygen atoms in total. The van der Waals surface area contributed by atoms with Gasteiger partial charge >= 0.3 is 0 Å². The predicted molar refractivity (Wildman–Crippen MR) is 122 cm³/mol. The van der Waals surface area contributed by atoms with Crippen LogP contribution in [0.15, 0.2) is 52.4 Å². The molecule has 1 fully saturated rings. The number of para-hydroxylation sites is 1. The molecular weight excluding hydrogens is 400 g/mol. The zero-order valence-electron chi connectivity index (χ0n) is 17.7. The van der Waals surface area contributed by atoms with Gasteiger partial charge in [-0.05, 0) is 66.6 Å². The van der Waals surface area contributed by atoms with Crippen LogP contribution in [-0.2, 0) is 9.53 Å². The molecule has 1 aliphatic rings. The van der Waals surface area contributed by atoms with E-state index >= 15 is 0 Å². The van der Waals surface area contributed by atoms with E-state index in [4.69, 9.17) is 19.2 Å². The summed E-state index contributed by atoms with van der Waals surface area (Å²) < 4.78 is 15.9. The van der Waals surface area contributed by atoms with Crippen LogP contribution >= 0.6 is 11.8 Å². The van der Waals surface area contributed by atoms with Crippen LogP contribution < -0.4 is 9.47 Å². The molecule has 1 aliphatic heterocycles. The average molecular weight is 427 g/mol. The summed E-state index contributed by atoms with van der Waals surface area (Å²) in [6, 6.07) is 13.4. The molecule has 1 saturated heterocycles. The number of carbonyl (C=O) groups is 1. The molecule has 158 valence electrons. The number of amidine groups is 1. The molecule has 7 heteroatoms. The average Bonchev–Trinajstić information content (AvgIpc) is 3.04. The van der Waals surface area contributed by atoms with Crippen molar-refractivity contribution in [3.63, 3.8) is 0 Å². The van der Waals surface area contributed by atoms with Crippen molar-refractivity contribution in [1.82, 2.24) is 4.90 Å². The highest BCUT2D eigenvalue weighted by Gasteiger charge is 2.33. The number of rotatable bonds is 8. The molecule has 0 aromatic heterocycles. The molecule has 0 aliphatic carbocycles. The summed E-state index contributed by atoms with van der Waals surface area (Å²) in [5, 5.41) is 0.673. The minimum atomic E-state index is -0.0556. The lowest BCUT2D eigenvalue weighted by Gasteiger charge is -2.15. The second-order valence-corrected chi connectivity index (χ2v) is 7.72. The largest absolute Gasteiger partial charge is 0.493 e. The van der Waals surface area contributed by atoms with Gasteiger partial charge in [0.15, 0.2) is 16.7 Å². The maximum atomic E-state index is 13.2. The van der Waals surface area contributed by atoms with Gasteiger partial charge in [0.2, 0.25) is 0 Å². The number of thioether (sulfide) groups is 1. The number of methoxy groups -OCH3 is 3. The number of aryl methyl sites for hydroxylation is 1. The Hall–Kier alpha value is -2.77. The molecule has 2 aromatic carbocycles. The molecule has 0 radical (unpaired) electrons. The first-order valence-corrected chi connectivity index (χ1v) is 10.5. The highest BCUT2D eigenvalue weighted by atomic mass is 32.2. The zero-order valence-corrected chi connectivity index (χ0v) is 18.5. The number of carbonyl (C=O) groups excluding carboxylic acids is 1. The second-order valence-electron chi connectivity index (χ2n) is 6.71. The monoisotopic (exact) mass is 426 g/mol. The van der Waals surface area contributed by atoms with Crippen molar-refractivity contribution < 1.29 is 19.0 Å². The molecule has 0 N–H and O–H groups in total. The molecule has 1 amide bonds. The van der Waals surface area contributed by atoms with Crippen molar-refractivity contribution in [2.24, 2.45) is 4.99 Å². The summed E-state index contributed by atoms with van der Waals surface area (Å²) in [5.74, 6) is 1.23. The topological polar surface area (TPSA) is 60.4 Å². The normalized spacial score (nSPS) is 16.5. The summed E-state index contributed by atoms with van der Waals surface area (Å²) in [6.45, 7) is 3.11. The van der Waals surface area contributed by atoms with Gasteiger partial charge in [-0.25, -0.2) is 4.99 Å². The summed E-state index contributed by atoms with van der Waals surface area (Å²) in [6.07, 6.45) is 2.63. The summed E-state index contributed by atoms with van der Waals surface area (Å²) in [4.78, 5) is 20.2. The van der Waals surface area contributed by atoms with Crippen molar-refractivity contribution >= 4 is 34.6 Å². The fourth-order valence-corrected chi connectivity index (χ4v) is 4.08. The minimum absolute atomic E-state index is 0.0556.